The molecular formula is C14H20N2O3. The number of amides is 1. The van der Waals surface area contributed by atoms with Crippen LogP contribution in [0.1, 0.15) is 31.2 Å². The molecule has 5 nitrogen and oxygen atoms in total. The van der Waals surface area contributed by atoms with Gasteiger partial charge in [-0.25, -0.2) is 4.98 Å². The van der Waals surface area contributed by atoms with Crippen LogP contribution < -0.4 is 10.1 Å². The highest BCUT2D eigenvalue weighted by atomic mass is 16.5. The first-order chi connectivity index (χ1) is 9.28. The van der Waals surface area contributed by atoms with Crippen molar-refractivity contribution >= 4 is 5.91 Å². The minimum absolute atomic E-state index is 0.0614. The van der Waals surface area contributed by atoms with E-state index in [1.807, 2.05) is 12.1 Å². The Morgan fingerprint density at radius 1 is 1.63 bits per heavy atom. The number of pyridine rings is 1. The van der Waals surface area contributed by atoms with E-state index in [1.165, 1.54) is 0 Å². The van der Waals surface area contributed by atoms with Crippen molar-refractivity contribution in [3.05, 3.63) is 23.9 Å². The summed E-state index contributed by atoms with van der Waals surface area (Å²) in [5.74, 6) is 0.623. The topological polar surface area (TPSA) is 60.5 Å². The third-order valence-corrected chi connectivity index (χ3v) is 3.22. The van der Waals surface area contributed by atoms with Crippen LogP contribution in [0.3, 0.4) is 0 Å². The number of rotatable bonds is 6. The molecule has 0 unspecified atom stereocenters. The molecule has 1 aromatic rings. The highest BCUT2D eigenvalue weighted by Crippen LogP contribution is 2.16. The lowest BCUT2D eigenvalue weighted by atomic mass is 10.1. The van der Waals surface area contributed by atoms with Crippen LogP contribution in [-0.4, -0.2) is 30.7 Å². The monoisotopic (exact) mass is 264 g/mol. The highest BCUT2D eigenvalue weighted by Gasteiger charge is 2.16. The molecule has 2 rings (SSSR count). The van der Waals surface area contributed by atoms with Gasteiger partial charge in [-0.3, -0.25) is 4.79 Å². The predicted octanol–water partition coefficient (Wildman–Crippen LogP) is 1.67. The molecule has 0 aliphatic carbocycles. The van der Waals surface area contributed by atoms with Gasteiger partial charge in [0.2, 0.25) is 11.8 Å². The van der Waals surface area contributed by atoms with Crippen LogP contribution in [0.4, 0.5) is 0 Å². The predicted molar refractivity (Wildman–Crippen MR) is 70.8 cm³/mol. The summed E-state index contributed by atoms with van der Waals surface area (Å²) in [6, 6.07) is 3.68. The van der Waals surface area contributed by atoms with Crippen molar-refractivity contribution in [3.8, 4) is 5.88 Å². The van der Waals surface area contributed by atoms with Crippen molar-refractivity contribution in [1.82, 2.24) is 10.3 Å². The van der Waals surface area contributed by atoms with E-state index >= 15 is 0 Å². The molecule has 104 valence electrons. The van der Waals surface area contributed by atoms with Gasteiger partial charge in [0.1, 0.15) is 0 Å². The van der Waals surface area contributed by atoms with Gasteiger partial charge in [0.05, 0.1) is 13.2 Å². The van der Waals surface area contributed by atoms with E-state index in [0.29, 0.717) is 18.8 Å². The summed E-state index contributed by atoms with van der Waals surface area (Å²) in [4.78, 5) is 15.7. The number of hydrogen-bond acceptors (Lipinski definition) is 4. The minimum Gasteiger partial charge on any atom is -0.481 e. The Hall–Kier alpha value is -1.62. The van der Waals surface area contributed by atoms with Crippen LogP contribution in [0.5, 0.6) is 5.88 Å². The first kappa shape index (κ1) is 13.8. The number of ether oxygens (including phenoxy) is 2. The van der Waals surface area contributed by atoms with E-state index in [0.717, 1.165) is 31.4 Å². The third kappa shape index (κ3) is 4.52. The summed E-state index contributed by atoms with van der Waals surface area (Å²) in [6.07, 6.45) is 5.47. The molecule has 0 spiro atoms. The molecule has 5 heteroatoms. The largest absolute Gasteiger partial charge is 0.481 e. The van der Waals surface area contributed by atoms with Crippen LogP contribution in [0.15, 0.2) is 18.3 Å². The molecule has 1 atom stereocenters. The van der Waals surface area contributed by atoms with Gasteiger partial charge >= 0.3 is 0 Å². The standard InChI is InChI=1S/C14H20N2O3/c1-18-14-9-11(6-7-15-14)10-16-13(17)5-4-12-3-2-8-19-12/h6-7,9,12H,2-5,8,10H2,1H3,(H,16,17)/t12-/m0/s1. The van der Waals surface area contributed by atoms with Gasteiger partial charge < -0.3 is 14.8 Å². The third-order valence-electron chi connectivity index (χ3n) is 3.22. The van der Waals surface area contributed by atoms with E-state index in [2.05, 4.69) is 10.3 Å². The second-order valence-electron chi connectivity index (χ2n) is 4.66. The minimum atomic E-state index is 0.0614. The molecule has 0 saturated carbocycles. The summed E-state index contributed by atoms with van der Waals surface area (Å²) in [5.41, 5.74) is 0.984. The molecule has 1 aliphatic rings. The molecule has 2 heterocycles. The average Bonchev–Trinajstić information content (AvgIpc) is 2.96. The zero-order valence-corrected chi connectivity index (χ0v) is 11.2. The van der Waals surface area contributed by atoms with Crippen molar-refractivity contribution in [2.45, 2.75) is 38.3 Å². The number of nitrogens with zero attached hydrogens (tertiary/aromatic N) is 1. The Balaban J connectivity index is 1.70. The molecule has 0 aromatic carbocycles. The summed E-state index contributed by atoms with van der Waals surface area (Å²) in [7, 11) is 1.58. The van der Waals surface area contributed by atoms with Crippen LogP contribution in [0.2, 0.25) is 0 Å². The summed E-state index contributed by atoms with van der Waals surface area (Å²) in [6.45, 7) is 1.34. The molecule has 1 saturated heterocycles. The van der Waals surface area contributed by atoms with Crippen LogP contribution >= 0.6 is 0 Å². The molecule has 0 radical (unpaired) electrons. The molecular weight excluding hydrogens is 244 g/mol. The van der Waals surface area contributed by atoms with Gasteiger partial charge in [0.15, 0.2) is 0 Å². The number of carbonyl (C=O) groups is 1. The van der Waals surface area contributed by atoms with Gasteiger partial charge in [0.25, 0.3) is 0 Å². The number of nitrogens with one attached hydrogen (secondary N) is 1. The molecule has 1 aromatic heterocycles. The maximum atomic E-state index is 11.7. The fraction of sp³-hybridized carbons (Fsp3) is 0.571. The van der Waals surface area contributed by atoms with Gasteiger partial charge in [-0.1, -0.05) is 0 Å². The maximum Gasteiger partial charge on any atom is 0.220 e. The SMILES string of the molecule is COc1cc(CNC(=O)CC[C@@H]2CCCO2)ccn1. The number of carbonyl (C=O) groups excluding carboxylic acids is 1. The number of hydrogen-bond donors (Lipinski definition) is 1. The molecule has 1 fully saturated rings. The van der Waals surface area contributed by atoms with Crippen molar-refractivity contribution in [2.24, 2.45) is 0 Å². The number of methoxy groups -OCH3 is 1. The maximum absolute atomic E-state index is 11.7. The lowest BCUT2D eigenvalue weighted by Crippen LogP contribution is -2.23. The first-order valence-corrected chi connectivity index (χ1v) is 6.65. The Bertz CT molecular complexity index is 417. The quantitative estimate of drug-likeness (QED) is 0.849. The molecule has 19 heavy (non-hydrogen) atoms. The molecule has 0 bridgehead atoms. The zero-order chi connectivity index (χ0) is 13.5. The Kier molecular flexibility index (Phi) is 5.15. The second kappa shape index (κ2) is 7.09. The first-order valence-electron chi connectivity index (χ1n) is 6.65. The van der Waals surface area contributed by atoms with E-state index in [9.17, 15) is 4.79 Å². The summed E-state index contributed by atoms with van der Waals surface area (Å²) >= 11 is 0. The molecule has 1 amide bonds. The molecule has 1 aliphatic heterocycles. The fourth-order valence-corrected chi connectivity index (χ4v) is 2.13. The van der Waals surface area contributed by atoms with E-state index in [-0.39, 0.29) is 12.0 Å². The van der Waals surface area contributed by atoms with Gasteiger partial charge in [0, 0.05) is 31.8 Å². The zero-order valence-electron chi connectivity index (χ0n) is 11.2. The fourth-order valence-electron chi connectivity index (χ4n) is 2.13. The average molecular weight is 264 g/mol. The van der Waals surface area contributed by atoms with Gasteiger partial charge in [-0.2, -0.15) is 0 Å². The van der Waals surface area contributed by atoms with E-state index in [4.69, 9.17) is 9.47 Å². The van der Waals surface area contributed by atoms with E-state index < -0.39 is 0 Å². The Morgan fingerprint density at radius 3 is 3.26 bits per heavy atom. The van der Waals surface area contributed by atoms with Crippen LogP contribution in [-0.2, 0) is 16.1 Å². The highest BCUT2D eigenvalue weighted by molar-refractivity contribution is 5.75. The van der Waals surface area contributed by atoms with Gasteiger partial charge in [-0.05, 0) is 30.9 Å². The van der Waals surface area contributed by atoms with Crippen LogP contribution in [0.25, 0.3) is 0 Å². The summed E-state index contributed by atoms with van der Waals surface area (Å²) < 4.78 is 10.5. The molecule has 1 N–H and O–H groups in total. The van der Waals surface area contributed by atoms with Crippen molar-refractivity contribution in [1.29, 1.82) is 0 Å². The normalized spacial score (nSPS) is 18.3. The summed E-state index contributed by atoms with van der Waals surface area (Å²) in [5, 5.41) is 2.90. The van der Waals surface area contributed by atoms with E-state index in [1.54, 1.807) is 13.3 Å². The lowest BCUT2D eigenvalue weighted by molar-refractivity contribution is -0.121. The van der Waals surface area contributed by atoms with Crippen molar-refractivity contribution in [3.63, 3.8) is 0 Å². The Morgan fingerprint density at radius 2 is 2.53 bits per heavy atom. The van der Waals surface area contributed by atoms with Gasteiger partial charge in [-0.15, -0.1) is 0 Å². The Labute approximate surface area is 113 Å². The van der Waals surface area contributed by atoms with Crippen molar-refractivity contribution in [2.75, 3.05) is 13.7 Å². The van der Waals surface area contributed by atoms with Crippen LogP contribution in [0, 0.1) is 0 Å². The number of aromatic nitrogens is 1. The second-order valence-corrected chi connectivity index (χ2v) is 4.66. The smallest absolute Gasteiger partial charge is 0.220 e. The van der Waals surface area contributed by atoms with Crippen molar-refractivity contribution < 1.29 is 14.3 Å². The lowest BCUT2D eigenvalue weighted by Gasteiger charge is -2.09.